The van der Waals surface area contributed by atoms with Crippen LogP contribution in [0, 0.1) is 0 Å². The van der Waals surface area contributed by atoms with Gasteiger partial charge in [0.2, 0.25) is 10.0 Å². The van der Waals surface area contributed by atoms with Gasteiger partial charge in [0.05, 0.1) is 9.92 Å². The zero-order chi connectivity index (χ0) is 18.0. The van der Waals surface area contributed by atoms with E-state index in [1.807, 2.05) is 0 Å². The maximum absolute atomic E-state index is 13.0. The van der Waals surface area contributed by atoms with E-state index in [0.717, 1.165) is 5.56 Å². The number of benzene rings is 1. The molecule has 0 amide bonds. The van der Waals surface area contributed by atoms with Gasteiger partial charge in [-0.3, -0.25) is 4.98 Å². The number of aromatic nitrogens is 2. The third-order valence-corrected chi connectivity index (χ3v) is 6.38. The molecule has 25 heavy (non-hydrogen) atoms. The summed E-state index contributed by atoms with van der Waals surface area (Å²) in [5.74, 6) is 0. The van der Waals surface area contributed by atoms with Crippen LogP contribution in [0.3, 0.4) is 0 Å². The zero-order valence-electron chi connectivity index (χ0n) is 13.4. The quantitative estimate of drug-likeness (QED) is 0.608. The Kier molecular flexibility index (Phi) is 5.24. The van der Waals surface area contributed by atoms with E-state index in [9.17, 15) is 8.42 Å². The molecule has 0 unspecified atom stereocenters. The van der Waals surface area contributed by atoms with Crippen LogP contribution < -0.4 is 0 Å². The number of hydrogen-bond acceptors (Lipinski definition) is 4. The number of sulfonamides is 1. The molecule has 3 aromatic rings. The molecule has 2 aromatic heterocycles. The number of halogens is 2. The van der Waals surface area contributed by atoms with Gasteiger partial charge in [-0.15, -0.1) is 0 Å². The molecule has 0 aliphatic heterocycles. The predicted octanol–water partition coefficient (Wildman–Crippen LogP) is 4.15. The van der Waals surface area contributed by atoms with E-state index in [-0.39, 0.29) is 16.6 Å². The molecule has 0 spiro atoms. The fraction of sp³-hybridized carbons (Fsp3) is 0.176. The van der Waals surface area contributed by atoms with Gasteiger partial charge in [-0.1, -0.05) is 36.2 Å². The van der Waals surface area contributed by atoms with E-state index < -0.39 is 10.0 Å². The number of hydrogen-bond donors (Lipinski definition) is 0. The standard InChI is InChI=1S/C17H15Cl2N3O2S/c1-2-22(11-12-5-7-20-8-6-12)25(23,24)13-3-4-14-15(9-13)17(19)21-10-16(14)18/h3-10H,2,11H2,1H3. The average molecular weight is 396 g/mol. The summed E-state index contributed by atoms with van der Waals surface area (Å²) in [6, 6.07) is 8.28. The molecule has 1 aromatic carbocycles. The van der Waals surface area contributed by atoms with Gasteiger partial charge in [-0.05, 0) is 29.8 Å². The maximum Gasteiger partial charge on any atom is 0.243 e. The molecule has 8 heteroatoms. The van der Waals surface area contributed by atoms with Crippen LogP contribution in [-0.4, -0.2) is 29.2 Å². The van der Waals surface area contributed by atoms with E-state index in [0.29, 0.717) is 22.3 Å². The Labute approximate surface area is 156 Å². The minimum Gasteiger partial charge on any atom is -0.265 e. The van der Waals surface area contributed by atoms with Gasteiger partial charge in [0.15, 0.2) is 0 Å². The van der Waals surface area contributed by atoms with Crippen LogP contribution in [0.4, 0.5) is 0 Å². The Bertz CT molecular complexity index is 1010. The molecule has 0 bridgehead atoms. The second-order valence-electron chi connectivity index (χ2n) is 5.39. The fourth-order valence-corrected chi connectivity index (χ4v) is 4.41. The number of rotatable bonds is 5. The zero-order valence-corrected chi connectivity index (χ0v) is 15.7. The summed E-state index contributed by atoms with van der Waals surface area (Å²) in [7, 11) is -3.69. The minimum absolute atomic E-state index is 0.155. The smallest absolute Gasteiger partial charge is 0.243 e. The summed E-state index contributed by atoms with van der Waals surface area (Å²) in [4.78, 5) is 8.08. The van der Waals surface area contributed by atoms with Crippen LogP contribution in [-0.2, 0) is 16.6 Å². The molecular formula is C17H15Cl2N3O2S. The van der Waals surface area contributed by atoms with Crippen molar-refractivity contribution < 1.29 is 8.42 Å². The highest BCUT2D eigenvalue weighted by atomic mass is 35.5. The molecule has 2 heterocycles. The van der Waals surface area contributed by atoms with Gasteiger partial charge < -0.3 is 0 Å². The van der Waals surface area contributed by atoms with Gasteiger partial charge in [-0.2, -0.15) is 4.31 Å². The Hall–Kier alpha value is -1.73. The first kappa shape index (κ1) is 18.1. The molecule has 0 radical (unpaired) electrons. The lowest BCUT2D eigenvalue weighted by atomic mass is 10.2. The average Bonchev–Trinajstić information content (AvgIpc) is 2.63. The molecule has 0 atom stereocenters. The SMILES string of the molecule is CCN(Cc1ccncc1)S(=O)(=O)c1ccc2c(Cl)cnc(Cl)c2c1. The van der Waals surface area contributed by atoms with Crippen molar-refractivity contribution in [2.45, 2.75) is 18.4 Å². The molecule has 0 aliphatic rings. The summed E-state index contributed by atoms with van der Waals surface area (Å²) in [6.45, 7) is 2.40. The molecule has 3 rings (SSSR count). The third kappa shape index (κ3) is 3.62. The molecular weight excluding hydrogens is 381 g/mol. The van der Waals surface area contributed by atoms with Gasteiger partial charge in [0.25, 0.3) is 0 Å². The van der Waals surface area contributed by atoms with Gasteiger partial charge >= 0.3 is 0 Å². The Balaban J connectivity index is 2.03. The lowest BCUT2D eigenvalue weighted by Gasteiger charge is -2.21. The number of fused-ring (bicyclic) bond motifs is 1. The lowest BCUT2D eigenvalue weighted by molar-refractivity contribution is 0.423. The van der Waals surface area contributed by atoms with Crippen molar-refractivity contribution in [3.63, 3.8) is 0 Å². The first-order valence-electron chi connectivity index (χ1n) is 7.56. The second-order valence-corrected chi connectivity index (χ2v) is 8.09. The van der Waals surface area contributed by atoms with Crippen molar-refractivity contribution in [3.8, 4) is 0 Å². The van der Waals surface area contributed by atoms with Crippen molar-refractivity contribution in [1.29, 1.82) is 0 Å². The molecule has 0 saturated carbocycles. The van der Waals surface area contributed by atoms with Crippen molar-refractivity contribution in [2.75, 3.05) is 6.54 Å². The van der Waals surface area contributed by atoms with Gasteiger partial charge in [-0.25, -0.2) is 13.4 Å². The van der Waals surface area contributed by atoms with E-state index in [2.05, 4.69) is 9.97 Å². The van der Waals surface area contributed by atoms with E-state index >= 15 is 0 Å². The van der Waals surface area contributed by atoms with E-state index in [1.54, 1.807) is 37.5 Å². The highest BCUT2D eigenvalue weighted by Crippen LogP contribution is 2.30. The fourth-order valence-electron chi connectivity index (χ4n) is 2.52. The van der Waals surface area contributed by atoms with Gasteiger partial charge in [0, 0.05) is 42.5 Å². The number of pyridine rings is 2. The van der Waals surface area contributed by atoms with Crippen molar-refractivity contribution in [2.24, 2.45) is 0 Å². The van der Waals surface area contributed by atoms with E-state index in [4.69, 9.17) is 23.2 Å². The normalized spacial score (nSPS) is 12.0. The summed E-state index contributed by atoms with van der Waals surface area (Å²) < 4.78 is 27.4. The Morgan fingerprint density at radius 2 is 1.80 bits per heavy atom. The molecule has 130 valence electrons. The maximum atomic E-state index is 13.0. The van der Waals surface area contributed by atoms with Crippen LogP contribution in [0.5, 0.6) is 0 Å². The number of nitrogens with zero attached hydrogens (tertiary/aromatic N) is 3. The molecule has 0 N–H and O–H groups in total. The van der Waals surface area contributed by atoms with Crippen LogP contribution in [0.15, 0.2) is 53.8 Å². The molecule has 0 fully saturated rings. The first-order valence-corrected chi connectivity index (χ1v) is 9.76. The van der Waals surface area contributed by atoms with Crippen LogP contribution in [0.2, 0.25) is 10.2 Å². The van der Waals surface area contributed by atoms with Crippen LogP contribution in [0.1, 0.15) is 12.5 Å². The third-order valence-electron chi connectivity index (χ3n) is 3.86. The lowest BCUT2D eigenvalue weighted by Crippen LogP contribution is -2.30. The summed E-state index contributed by atoms with van der Waals surface area (Å²) >= 11 is 12.2. The highest BCUT2D eigenvalue weighted by molar-refractivity contribution is 7.89. The van der Waals surface area contributed by atoms with Crippen molar-refractivity contribution in [3.05, 3.63) is 64.7 Å². The topological polar surface area (TPSA) is 63.2 Å². The van der Waals surface area contributed by atoms with Crippen molar-refractivity contribution >= 4 is 44.0 Å². The predicted molar refractivity (Wildman–Crippen MR) is 99.3 cm³/mol. The monoisotopic (exact) mass is 395 g/mol. The van der Waals surface area contributed by atoms with Crippen LogP contribution in [0.25, 0.3) is 10.8 Å². The van der Waals surface area contributed by atoms with Crippen molar-refractivity contribution in [1.82, 2.24) is 14.3 Å². The summed E-state index contributed by atoms with van der Waals surface area (Å²) in [6.07, 6.45) is 4.72. The highest BCUT2D eigenvalue weighted by Gasteiger charge is 2.24. The summed E-state index contributed by atoms with van der Waals surface area (Å²) in [5, 5.41) is 1.81. The molecule has 0 saturated heterocycles. The van der Waals surface area contributed by atoms with E-state index in [1.165, 1.54) is 22.6 Å². The van der Waals surface area contributed by atoms with Gasteiger partial charge in [0.1, 0.15) is 5.15 Å². The molecule has 5 nitrogen and oxygen atoms in total. The summed E-state index contributed by atoms with van der Waals surface area (Å²) in [5.41, 5.74) is 0.865. The Morgan fingerprint density at radius 1 is 1.08 bits per heavy atom. The first-order chi connectivity index (χ1) is 11.9. The van der Waals surface area contributed by atoms with Crippen LogP contribution >= 0.6 is 23.2 Å². The molecule has 0 aliphatic carbocycles. The Morgan fingerprint density at radius 3 is 2.48 bits per heavy atom. The minimum atomic E-state index is -3.69. The second kappa shape index (κ2) is 7.25. The largest absolute Gasteiger partial charge is 0.265 e.